The molecule has 2 N–H and O–H groups in total. The maximum absolute atomic E-state index is 10.2. The molecule has 0 aromatic heterocycles. The van der Waals surface area contributed by atoms with Gasteiger partial charge >= 0.3 is 0 Å². The van der Waals surface area contributed by atoms with Gasteiger partial charge in [-0.1, -0.05) is 15.9 Å². The van der Waals surface area contributed by atoms with Crippen LogP contribution in [0.5, 0.6) is 11.5 Å². The van der Waals surface area contributed by atoms with E-state index in [2.05, 4.69) is 21.2 Å². The van der Waals surface area contributed by atoms with E-state index >= 15 is 0 Å². The fourth-order valence-corrected chi connectivity index (χ4v) is 2.23. The Bertz CT molecular complexity index is 400. The number of hydrogen-bond acceptors (Lipinski definition) is 5. The lowest BCUT2D eigenvalue weighted by atomic mass is 10.1. The lowest BCUT2D eigenvalue weighted by Gasteiger charge is -2.16. The molecule has 108 valence electrons. The molecule has 0 bridgehead atoms. The van der Waals surface area contributed by atoms with Crippen LogP contribution in [0, 0.1) is 0 Å². The third-order valence-corrected chi connectivity index (χ3v) is 3.37. The van der Waals surface area contributed by atoms with Gasteiger partial charge in [-0.3, -0.25) is 0 Å². The van der Waals surface area contributed by atoms with E-state index in [4.69, 9.17) is 14.2 Å². The first-order valence-corrected chi connectivity index (χ1v) is 6.72. The highest BCUT2D eigenvalue weighted by Crippen LogP contribution is 2.35. The Morgan fingerprint density at radius 3 is 2.42 bits per heavy atom. The summed E-state index contributed by atoms with van der Waals surface area (Å²) in [4.78, 5) is 0. The minimum Gasteiger partial charge on any atom is -0.493 e. The first kappa shape index (κ1) is 16.2. The fraction of sp³-hybridized carbons (Fsp3) is 0.538. The highest BCUT2D eigenvalue weighted by Gasteiger charge is 2.15. The van der Waals surface area contributed by atoms with Crippen molar-refractivity contribution in [1.82, 2.24) is 5.32 Å². The van der Waals surface area contributed by atoms with E-state index < -0.39 is 6.10 Å². The summed E-state index contributed by atoms with van der Waals surface area (Å²) >= 11 is 3.43. The average molecular weight is 334 g/mol. The van der Waals surface area contributed by atoms with Gasteiger partial charge in [-0.05, 0) is 17.7 Å². The largest absolute Gasteiger partial charge is 0.493 e. The molecule has 1 atom stereocenters. The van der Waals surface area contributed by atoms with Gasteiger partial charge in [0, 0.05) is 24.7 Å². The molecule has 0 fully saturated rings. The van der Waals surface area contributed by atoms with Crippen LogP contribution in [-0.2, 0) is 4.74 Å². The van der Waals surface area contributed by atoms with Crippen molar-refractivity contribution in [3.05, 3.63) is 22.2 Å². The SMILES string of the molecule is COCCNCC(O)c1cc(OC)c(OC)cc1Br. The third kappa shape index (κ3) is 4.65. The average Bonchev–Trinajstić information content (AvgIpc) is 2.42. The van der Waals surface area contributed by atoms with Crippen LogP contribution in [0.1, 0.15) is 11.7 Å². The van der Waals surface area contributed by atoms with Gasteiger partial charge in [0.25, 0.3) is 0 Å². The number of benzene rings is 1. The topological polar surface area (TPSA) is 60.0 Å². The molecule has 0 amide bonds. The molecule has 6 heteroatoms. The van der Waals surface area contributed by atoms with Crippen molar-refractivity contribution in [2.75, 3.05) is 41.0 Å². The number of aliphatic hydroxyl groups is 1. The maximum atomic E-state index is 10.2. The van der Waals surface area contributed by atoms with Crippen LogP contribution < -0.4 is 14.8 Å². The summed E-state index contributed by atoms with van der Waals surface area (Å²) in [6.45, 7) is 1.75. The van der Waals surface area contributed by atoms with Crippen molar-refractivity contribution in [3.63, 3.8) is 0 Å². The highest BCUT2D eigenvalue weighted by atomic mass is 79.9. The quantitative estimate of drug-likeness (QED) is 0.709. The van der Waals surface area contributed by atoms with Gasteiger partial charge in [0.05, 0.1) is 26.9 Å². The predicted octanol–water partition coefficient (Wildman–Crippen LogP) is 1.74. The normalized spacial score (nSPS) is 12.3. The van der Waals surface area contributed by atoms with Crippen molar-refractivity contribution < 1.29 is 19.3 Å². The zero-order valence-corrected chi connectivity index (χ0v) is 13.0. The van der Waals surface area contributed by atoms with Crippen molar-refractivity contribution in [2.45, 2.75) is 6.10 Å². The van der Waals surface area contributed by atoms with Gasteiger partial charge in [-0.2, -0.15) is 0 Å². The van der Waals surface area contributed by atoms with Gasteiger partial charge in [-0.25, -0.2) is 0 Å². The monoisotopic (exact) mass is 333 g/mol. The van der Waals surface area contributed by atoms with Gasteiger partial charge in [-0.15, -0.1) is 0 Å². The summed E-state index contributed by atoms with van der Waals surface area (Å²) in [5, 5.41) is 13.3. The van der Waals surface area contributed by atoms with E-state index in [1.54, 1.807) is 33.5 Å². The van der Waals surface area contributed by atoms with E-state index in [0.717, 1.165) is 10.0 Å². The zero-order chi connectivity index (χ0) is 14.3. The third-order valence-electron chi connectivity index (χ3n) is 2.68. The molecule has 1 unspecified atom stereocenters. The number of hydrogen-bond donors (Lipinski definition) is 2. The van der Waals surface area contributed by atoms with E-state index in [1.165, 1.54) is 0 Å². The Hall–Kier alpha value is -0.820. The molecule has 0 radical (unpaired) electrons. The minimum atomic E-state index is -0.633. The Balaban J connectivity index is 2.76. The van der Waals surface area contributed by atoms with Gasteiger partial charge in [0.15, 0.2) is 11.5 Å². The van der Waals surface area contributed by atoms with E-state index in [-0.39, 0.29) is 0 Å². The predicted molar refractivity (Wildman–Crippen MR) is 77.0 cm³/mol. The Morgan fingerprint density at radius 2 is 1.84 bits per heavy atom. The molecule has 1 aromatic carbocycles. The maximum Gasteiger partial charge on any atom is 0.161 e. The van der Waals surface area contributed by atoms with Crippen LogP contribution in [0.3, 0.4) is 0 Å². The Labute approximate surface area is 122 Å². The molecule has 1 rings (SSSR count). The number of rotatable bonds is 8. The van der Waals surface area contributed by atoms with Crippen molar-refractivity contribution in [2.24, 2.45) is 0 Å². The van der Waals surface area contributed by atoms with Crippen molar-refractivity contribution in [1.29, 1.82) is 0 Å². The van der Waals surface area contributed by atoms with Crippen molar-refractivity contribution >= 4 is 15.9 Å². The molecule has 0 aliphatic rings. The summed E-state index contributed by atoms with van der Waals surface area (Å²) < 4.78 is 16.1. The summed E-state index contributed by atoms with van der Waals surface area (Å²) in [5.41, 5.74) is 0.752. The van der Waals surface area contributed by atoms with Crippen molar-refractivity contribution in [3.8, 4) is 11.5 Å². The number of methoxy groups -OCH3 is 3. The van der Waals surface area contributed by atoms with Crippen LogP contribution in [-0.4, -0.2) is 46.1 Å². The lowest BCUT2D eigenvalue weighted by Crippen LogP contribution is -2.25. The summed E-state index contributed by atoms with van der Waals surface area (Å²) in [5.74, 6) is 1.22. The van der Waals surface area contributed by atoms with Gasteiger partial charge < -0.3 is 24.6 Å². The smallest absolute Gasteiger partial charge is 0.161 e. The number of ether oxygens (including phenoxy) is 3. The fourth-order valence-electron chi connectivity index (χ4n) is 1.65. The van der Waals surface area contributed by atoms with Crippen LogP contribution >= 0.6 is 15.9 Å². The molecule has 5 nitrogen and oxygen atoms in total. The molecular formula is C13H20BrNO4. The van der Waals surface area contributed by atoms with Crippen LogP contribution in [0.2, 0.25) is 0 Å². The second kappa shape index (κ2) is 8.37. The molecule has 0 saturated carbocycles. The Morgan fingerprint density at radius 1 is 1.21 bits per heavy atom. The highest BCUT2D eigenvalue weighted by molar-refractivity contribution is 9.10. The first-order chi connectivity index (χ1) is 9.13. The van der Waals surface area contributed by atoms with Crippen LogP contribution in [0.15, 0.2) is 16.6 Å². The summed E-state index contributed by atoms with van der Waals surface area (Å²) in [6.07, 6.45) is -0.633. The molecule has 0 saturated heterocycles. The van der Waals surface area contributed by atoms with Gasteiger partial charge in [0.2, 0.25) is 0 Å². The molecule has 19 heavy (non-hydrogen) atoms. The van der Waals surface area contributed by atoms with E-state index in [9.17, 15) is 5.11 Å². The molecule has 0 spiro atoms. The molecular weight excluding hydrogens is 314 g/mol. The Kier molecular flexibility index (Phi) is 7.15. The van der Waals surface area contributed by atoms with E-state index in [1.807, 2.05) is 0 Å². The molecule has 1 aromatic rings. The van der Waals surface area contributed by atoms with Crippen LogP contribution in [0.4, 0.5) is 0 Å². The number of nitrogens with one attached hydrogen (secondary N) is 1. The standard InChI is InChI=1S/C13H20BrNO4/c1-17-5-4-15-8-11(16)9-6-12(18-2)13(19-3)7-10(9)14/h6-7,11,15-16H,4-5,8H2,1-3H3. The van der Waals surface area contributed by atoms with Crippen LogP contribution in [0.25, 0.3) is 0 Å². The lowest BCUT2D eigenvalue weighted by molar-refractivity contribution is 0.160. The number of aliphatic hydroxyl groups excluding tert-OH is 1. The molecule has 0 aliphatic carbocycles. The summed E-state index contributed by atoms with van der Waals surface area (Å²) in [7, 11) is 4.79. The summed E-state index contributed by atoms with van der Waals surface area (Å²) in [6, 6.07) is 3.55. The second-order valence-electron chi connectivity index (χ2n) is 3.94. The zero-order valence-electron chi connectivity index (χ0n) is 11.4. The van der Waals surface area contributed by atoms with E-state index in [0.29, 0.717) is 31.2 Å². The second-order valence-corrected chi connectivity index (χ2v) is 4.80. The molecule has 0 aliphatic heterocycles. The first-order valence-electron chi connectivity index (χ1n) is 5.93. The molecule has 0 heterocycles. The minimum absolute atomic E-state index is 0.442. The van der Waals surface area contributed by atoms with Gasteiger partial charge in [0.1, 0.15) is 0 Å². The number of halogens is 1.